The number of nitrogens with zero attached hydrogens (tertiary/aromatic N) is 1. The SMILES string of the molecule is CCN(CC)S(=O)(=O)c1ccc(Cl)c(C(=O)N[C@@H]2CCc3ccccc32)c1. The van der Waals surface area contributed by atoms with Crippen LogP contribution >= 0.6 is 11.6 Å². The summed E-state index contributed by atoms with van der Waals surface area (Å²) in [7, 11) is -3.66. The lowest BCUT2D eigenvalue weighted by molar-refractivity contribution is 0.0936. The number of hydrogen-bond donors (Lipinski definition) is 1. The summed E-state index contributed by atoms with van der Waals surface area (Å²) in [6.45, 7) is 4.29. The van der Waals surface area contributed by atoms with Gasteiger partial charge in [-0.3, -0.25) is 4.79 Å². The number of fused-ring (bicyclic) bond motifs is 1. The van der Waals surface area contributed by atoms with E-state index >= 15 is 0 Å². The maximum absolute atomic E-state index is 12.8. The summed E-state index contributed by atoms with van der Waals surface area (Å²) < 4.78 is 26.8. The zero-order chi connectivity index (χ0) is 19.6. The van der Waals surface area contributed by atoms with Crippen molar-refractivity contribution in [2.24, 2.45) is 0 Å². The Kier molecular flexibility index (Phi) is 5.89. The third-order valence-electron chi connectivity index (χ3n) is 4.96. The van der Waals surface area contributed by atoms with E-state index in [1.165, 1.54) is 28.1 Å². The molecule has 144 valence electrons. The molecule has 2 aromatic carbocycles. The van der Waals surface area contributed by atoms with Crippen molar-refractivity contribution in [1.29, 1.82) is 0 Å². The predicted molar refractivity (Wildman–Crippen MR) is 107 cm³/mol. The van der Waals surface area contributed by atoms with Crippen LogP contribution in [0.1, 0.15) is 47.8 Å². The number of hydrogen-bond acceptors (Lipinski definition) is 3. The monoisotopic (exact) mass is 406 g/mol. The van der Waals surface area contributed by atoms with Crippen LogP contribution in [0.5, 0.6) is 0 Å². The molecule has 0 saturated carbocycles. The van der Waals surface area contributed by atoms with Crippen LogP contribution in [0.15, 0.2) is 47.4 Å². The van der Waals surface area contributed by atoms with Gasteiger partial charge in [0.05, 0.1) is 21.5 Å². The number of carbonyl (C=O) groups is 1. The topological polar surface area (TPSA) is 66.5 Å². The van der Waals surface area contributed by atoms with E-state index in [4.69, 9.17) is 11.6 Å². The average Bonchev–Trinajstić information content (AvgIpc) is 3.05. The molecule has 27 heavy (non-hydrogen) atoms. The Bertz CT molecular complexity index is 955. The van der Waals surface area contributed by atoms with Gasteiger partial charge in [0, 0.05) is 13.1 Å². The minimum absolute atomic E-state index is 0.0765. The van der Waals surface area contributed by atoms with Crippen LogP contribution in [0, 0.1) is 0 Å². The quantitative estimate of drug-likeness (QED) is 0.793. The summed E-state index contributed by atoms with van der Waals surface area (Å²) in [6.07, 6.45) is 1.73. The second-order valence-electron chi connectivity index (χ2n) is 6.49. The molecule has 0 fully saturated rings. The van der Waals surface area contributed by atoms with Crippen molar-refractivity contribution in [3.63, 3.8) is 0 Å². The molecule has 0 aliphatic heterocycles. The lowest BCUT2D eigenvalue weighted by Gasteiger charge is -2.19. The standard InChI is InChI=1S/C20H23ClN2O3S/c1-3-23(4-2)27(25,26)15-10-11-18(21)17(13-15)20(24)22-19-12-9-14-7-5-6-8-16(14)19/h5-8,10-11,13,19H,3-4,9,12H2,1-2H3,(H,22,24)/t19-/m1/s1. The van der Waals surface area contributed by atoms with E-state index in [0.717, 1.165) is 18.4 Å². The number of sulfonamides is 1. The third kappa shape index (κ3) is 3.88. The minimum atomic E-state index is -3.66. The molecule has 0 spiro atoms. The van der Waals surface area contributed by atoms with Crippen LogP contribution in [0.4, 0.5) is 0 Å². The fourth-order valence-corrected chi connectivity index (χ4v) is 5.18. The third-order valence-corrected chi connectivity index (χ3v) is 7.34. The largest absolute Gasteiger partial charge is 0.345 e. The van der Waals surface area contributed by atoms with Gasteiger partial charge in [-0.1, -0.05) is 49.7 Å². The first-order valence-corrected chi connectivity index (χ1v) is 10.9. The van der Waals surface area contributed by atoms with E-state index in [1.807, 2.05) is 18.2 Å². The van der Waals surface area contributed by atoms with Crippen LogP contribution in [0.25, 0.3) is 0 Å². The molecule has 1 N–H and O–H groups in total. The molecule has 1 aliphatic rings. The highest BCUT2D eigenvalue weighted by atomic mass is 35.5. The van der Waals surface area contributed by atoms with Crippen molar-refractivity contribution in [2.75, 3.05) is 13.1 Å². The fourth-order valence-electron chi connectivity index (χ4n) is 3.49. The van der Waals surface area contributed by atoms with Crippen molar-refractivity contribution in [1.82, 2.24) is 9.62 Å². The molecule has 1 atom stereocenters. The van der Waals surface area contributed by atoms with E-state index in [-0.39, 0.29) is 27.4 Å². The maximum atomic E-state index is 12.8. The van der Waals surface area contributed by atoms with E-state index < -0.39 is 10.0 Å². The average molecular weight is 407 g/mol. The number of carbonyl (C=O) groups excluding carboxylic acids is 1. The first-order chi connectivity index (χ1) is 12.9. The normalized spacial score (nSPS) is 16.4. The van der Waals surface area contributed by atoms with Crippen LogP contribution in [0.3, 0.4) is 0 Å². The summed E-state index contributed by atoms with van der Waals surface area (Å²) in [6, 6.07) is 12.2. The van der Waals surface area contributed by atoms with E-state index in [1.54, 1.807) is 13.8 Å². The van der Waals surface area contributed by atoms with Crippen LogP contribution < -0.4 is 5.32 Å². The van der Waals surface area contributed by atoms with Crippen molar-refractivity contribution in [3.8, 4) is 0 Å². The van der Waals surface area contributed by atoms with E-state index in [2.05, 4.69) is 11.4 Å². The molecule has 2 aromatic rings. The molecule has 0 bridgehead atoms. The molecule has 0 aromatic heterocycles. The van der Waals surface area contributed by atoms with Crippen molar-refractivity contribution < 1.29 is 13.2 Å². The van der Waals surface area contributed by atoms with Gasteiger partial charge in [0.1, 0.15) is 0 Å². The Morgan fingerprint density at radius 1 is 1.19 bits per heavy atom. The summed E-state index contributed by atoms with van der Waals surface area (Å²) in [5, 5.41) is 3.23. The molecule has 1 amide bonds. The Morgan fingerprint density at radius 2 is 1.89 bits per heavy atom. The highest BCUT2D eigenvalue weighted by Gasteiger charge is 2.27. The van der Waals surface area contributed by atoms with Gasteiger partial charge in [-0.25, -0.2) is 8.42 Å². The first kappa shape index (κ1) is 19.9. The second-order valence-corrected chi connectivity index (χ2v) is 8.84. The lowest BCUT2D eigenvalue weighted by atomic mass is 10.1. The highest BCUT2D eigenvalue weighted by molar-refractivity contribution is 7.89. The van der Waals surface area contributed by atoms with Crippen LogP contribution in [-0.4, -0.2) is 31.7 Å². The van der Waals surface area contributed by atoms with Gasteiger partial charge >= 0.3 is 0 Å². The van der Waals surface area contributed by atoms with Gasteiger partial charge in [-0.05, 0) is 42.2 Å². The van der Waals surface area contributed by atoms with Gasteiger partial charge in [-0.2, -0.15) is 4.31 Å². The number of aryl methyl sites for hydroxylation is 1. The molecule has 1 aliphatic carbocycles. The van der Waals surface area contributed by atoms with Crippen molar-refractivity contribution in [3.05, 3.63) is 64.2 Å². The number of halogens is 1. The van der Waals surface area contributed by atoms with Gasteiger partial charge in [-0.15, -0.1) is 0 Å². The van der Waals surface area contributed by atoms with Gasteiger partial charge < -0.3 is 5.32 Å². The zero-order valence-electron chi connectivity index (χ0n) is 15.4. The smallest absolute Gasteiger partial charge is 0.253 e. The molecule has 0 heterocycles. The fraction of sp³-hybridized carbons (Fsp3) is 0.350. The number of nitrogens with one attached hydrogen (secondary N) is 1. The predicted octanol–water partition coefficient (Wildman–Crippen LogP) is 3.79. The number of amides is 1. The second kappa shape index (κ2) is 8.00. The van der Waals surface area contributed by atoms with Crippen LogP contribution in [0.2, 0.25) is 5.02 Å². The van der Waals surface area contributed by atoms with E-state index in [0.29, 0.717) is 13.1 Å². The van der Waals surface area contributed by atoms with Gasteiger partial charge in [0.15, 0.2) is 0 Å². The summed E-state index contributed by atoms with van der Waals surface area (Å²) >= 11 is 6.20. The van der Waals surface area contributed by atoms with E-state index in [9.17, 15) is 13.2 Å². The first-order valence-electron chi connectivity index (χ1n) is 9.06. The molecular weight excluding hydrogens is 384 g/mol. The molecule has 3 rings (SSSR count). The van der Waals surface area contributed by atoms with Crippen molar-refractivity contribution >= 4 is 27.5 Å². The summed E-state index contributed by atoms with van der Waals surface area (Å²) in [5.41, 5.74) is 2.51. The van der Waals surface area contributed by atoms with Crippen LogP contribution in [-0.2, 0) is 16.4 Å². The molecular formula is C20H23ClN2O3S. The zero-order valence-corrected chi connectivity index (χ0v) is 17.0. The van der Waals surface area contributed by atoms with Gasteiger partial charge in [0.2, 0.25) is 10.0 Å². The molecule has 7 heteroatoms. The number of rotatable bonds is 6. The van der Waals surface area contributed by atoms with Crippen molar-refractivity contribution in [2.45, 2.75) is 37.6 Å². The van der Waals surface area contributed by atoms with Gasteiger partial charge in [0.25, 0.3) is 5.91 Å². The maximum Gasteiger partial charge on any atom is 0.253 e. The highest BCUT2D eigenvalue weighted by Crippen LogP contribution is 2.31. The Balaban J connectivity index is 1.88. The Hall–Kier alpha value is -1.89. The Labute approximate surface area is 165 Å². The summed E-state index contributed by atoms with van der Waals surface area (Å²) in [5.74, 6) is -0.363. The Morgan fingerprint density at radius 3 is 2.59 bits per heavy atom. The molecule has 0 saturated heterocycles. The summed E-state index contributed by atoms with van der Waals surface area (Å²) in [4.78, 5) is 12.9. The lowest BCUT2D eigenvalue weighted by Crippen LogP contribution is -2.31. The minimum Gasteiger partial charge on any atom is -0.345 e. The number of benzene rings is 2. The molecule has 0 unspecified atom stereocenters. The molecule has 5 nitrogen and oxygen atoms in total. The molecule has 0 radical (unpaired) electrons.